The highest BCUT2D eigenvalue weighted by Gasteiger charge is 2.25. The minimum absolute atomic E-state index is 0.0908. The zero-order valence-electron chi connectivity index (χ0n) is 10.2. The summed E-state index contributed by atoms with van der Waals surface area (Å²) in [6, 6.07) is 5.60. The number of benzene rings is 1. The van der Waals surface area contributed by atoms with E-state index in [9.17, 15) is 4.39 Å². The molecular weight excluding hydrogens is 281 g/mol. The molecule has 0 amide bonds. The first-order valence-corrected chi connectivity index (χ1v) is 7.15. The lowest BCUT2D eigenvalue weighted by Gasteiger charge is -2.18. The van der Waals surface area contributed by atoms with Crippen LogP contribution in [0.25, 0.3) is 0 Å². The minimum Gasteiger partial charge on any atom is -0.314 e. The lowest BCUT2D eigenvalue weighted by molar-refractivity contribution is 0.457. The summed E-state index contributed by atoms with van der Waals surface area (Å²) in [7, 11) is 0. The van der Waals surface area contributed by atoms with Gasteiger partial charge in [0.05, 0.1) is 0 Å². The SMILES string of the molecule is CCNC(Cc1cc(Br)ccc1F)CC1CC1. The zero-order chi connectivity index (χ0) is 12.3. The summed E-state index contributed by atoms with van der Waals surface area (Å²) in [5.41, 5.74) is 0.811. The molecule has 1 aromatic rings. The van der Waals surface area contributed by atoms with E-state index in [2.05, 4.69) is 28.2 Å². The van der Waals surface area contributed by atoms with Crippen LogP contribution in [0.1, 0.15) is 31.7 Å². The Hall–Kier alpha value is -0.410. The molecule has 0 heterocycles. The van der Waals surface area contributed by atoms with Crippen LogP contribution in [0.3, 0.4) is 0 Å². The Morgan fingerprint density at radius 2 is 2.24 bits per heavy atom. The summed E-state index contributed by atoms with van der Waals surface area (Å²) in [6.07, 6.45) is 4.67. The van der Waals surface area contributed by atoms with Gasteiger partial charge in [0.2, 0.25) is 0 Å². The van der Waals surface area contributed by atoms with Crippen molar-refractivity contribution in [1.82, 2.24) is 5.32 Å². The molecule has 1 aromatic carbocycles. The van der Waals surface area contributed by atoms with Crippen molar-refractivity contribution < 1.29 is 4.39 Å². The van der Waals surface area contributed by atoms with Gasteiger partial charge in [0.15, 0.2) is 0 Å². The van der Waals surface area contributed by atoms with Gasteiger partial charge in [0.25, 0.3) is 0 Å². The molecule has 0 saturated heterocycles. The van der Waals surface area contributed by atoms with E-state index in [-0.39, 0.29) is 5.82 Å². The van der Waals surface area contributed by atoms with Crippen molar-refractivity contribution in [2.24, 2.45) is 5.92 Å². The normalized spacial score (nSPS) is 17.1. The van der Waals surface area contributed by atoms with E-state index in [1.54, 1.807) is 12.1 Å². The maximum atomic E-state index is 13.7. The van der Waals surface area contributed by atoms with Gasteiger partial charge in [-0.05, 0) is 49.1 Å². The summed E-state index contributed by atoms with van der Waals surface area (Å²) in [5.74, 6) is 0.779. The molecule has 0 radical (unpaired) electrons. The third-order valence-electron chi connectivity index (χ3n) is 3.28. The number of nitrogens with one attached hydrogen (secondary N) is 1. The first-order chi connectivity index (χ1) is 8.19. The molecule has 1 fully saturated rings. The topological polar surface area (TPSA) is 12.0 Å². The summed E-state index contributed by atoms with van der Waals surface area (Å²) < 4.78 is 14.6. The first-order valence-electron chi connectivity index (χ1n) is 6.36. The second kappa shape index (κ2) is 5.96. The van der Waals surface area contributed by atoms with Crippen LogP contribution in [-0.4, -0.2) is 12.6 Å². The number of likely N-dealkylation sites (N-methyl/N-ethyl adjacent to an activating group) is 1. The average Bonchev–Trinajstić information content (AvgIpc) is 3.08. The number of hydrogen-bond acceptors (Lipinski definition) is 1. The monoisotopic (exact) mass is 299 g/mol. The molecule has 1 atom stereocenters. The van der Waals surface area contributed by atoms with Gasteiger partial charge in [-0.2, -0.15) is 0 Å². The first kappa shape index (κ1) is 13.0. The lowest BCUT2D eigenvalue weighted by atomic mass is 10.0. The van der Waals surface area contributed by atoms with Crippen LogP contribution in [-0.2, 0) is 6.42 Å². The number of hydrogen-bond donors (Lipinski definition) is 1. The summed E-state index contributed by atoms with van der Waals surface area (Å²) >= 11 is 3.40. The van der Waals surface area contributed by atoms with Gasteiger partial charge in [0.1, 0.15) is 5.82 Å². The Bertz CT molecular complexity index is 376. The third kappa shape index (κ3) is 4.07. The highest BCUT2D eigenvalue weighted by Crippen LogP contribution is 2.34. The fraction of sp³-hybridized carbons (Fsp3) is 0.571. The van der Waals surface area contributed by atoms with Gasteiger partial charge in [-0.1, -0.05) is 35.7 Å². The molecule has 0 aromatic heterocycles. The Morgan fingerprint density at radius 1 is 1.47 bits per heavy atom. The maximum Gasteiger partial charge on any atom is 0.126 e. The molecule has 3 heteroatoms. The van der Waals surface area contributed by atoms with Crippen LogP contribution in [0.4, 0.5) is 4.39 Å². The highest BCUT2D eigenvalue weighted by atomic mass is 79.9. The molecule has 0 bridgehead atoms. The zero-order valence-corrected chi connectivity index (χ0v) is 11.8. The van der Waals surface area contributed by atoms with Crippen molar-refractivity contribution in [3.63, 3.8) is 0 Å². The maximum absolute atomic E-state index is 13.7. The second-order valence-corrected chi connectivity index (χ2v) is 5.79. The standard InChI is InChI=1S/C14H19BrFN/c1-2-17-13(7-10-3-4-10)9-11-8-12(15)5-6-14(11)16/h5-6,8,10,13,17H,2-4,7,9H2,1H3. The molecule has 2 rings (SSSR count). The Labute approximate surface area is 111 Å². The van der Waals surface area contributed by atoms with Crippen molar-refractivity contribution in [2.75, 3.05) is 6.54 Å². The van der Waals surface area contributed by atoms with Crippen LogP contribution in [0, 0.1) is 11.7 Å². The predicted octanol–water partition coefficient (Wildman–Crippen LogP) is 3.91. The van der Waals surface area contributed by atoms with Crippen LogP contribution >= 0.6 is 15.9 Å². The smallest absolute Gasteiger partial charge is 0.126 e. The average molecular weight is 300 g/mol. The Morgan fingerprint density at radius 3 is 2.88 bits per heavy atom. The van der Waals surface area contributed by atoms with Crippen LogP contribution in [0.2, 0.25) is 0 Å². The van der Waals surface area contributed by atoms with Gasteiger partial charge >= 0.3 is 0 Å². The molecule has 1 N–H and O–H groups in total. The Balaban J connectivity index is 2.01. The molecule has 94 valence electrons. The van der Waals surface area contributed by atoms with E-state index in [1.807, 2.05) is 6.07 Å². The quantitative estimate of drug-likeness (QED) is 0.840. The van der Waals surface area contributed by atoms with Gasteiger partial charge in [-0.3, -0.25) is 0 Å². The second-order valence-electron chi connectivity index (χ2n) is 4.87. The Kier molecular flexibility index (Phi) is 4.57. The molecule has 1 unspecified atom stereocenters. The predicted molar refractivity (Wildman–Crippen MR) is 72.6 cm³/mol. The fourth-order valence-electron chi connectivity index (χ4n) is 2.25. The minimum atomic E-state index is -0.0908. The van der Waals surface area contributed by atoms with Crippen LogP contribution in [0.15, 0.2) is 22.7 Å². The van der Waals surface area contributed by atoms with Gasteiger partial charge < -0.3 is 5.32 Å². The van der Waals surface area contributed by atoms with Crippen molar-refractivity contribution in [3.8, 4) is 0 Å². The van der Waals surface area contributed by atoms with Gasteiger partial charge in [-0.25, -0.2) is 4.39 Å². The molecule has 1 saturated carbocycles. The van der Waals surface area contributed by atoms with E-state index >= 15 is 0 Å². The largest absolute Gasteiger partial charge is 0.314 e. The molecule has 0 spiro atoms. The van der Waals surface area contributed by atoms with Crippen molar-refractivity contribution in [3.05, 3.63) is 34.1 Å². The molecule has 1 aliphatic carbocycles. The van der Waals surface area contributed by atoms with Crippen LogP contribution < -0.4 is 5.32 Å². The highest BCUT2D eigenvalue weighted by molar-refractivity contribution is 9.10. The lowest BCUT2D eigenvalue weighted by Crippen LogP contribution is -2.31. The van der Waals surface area contributed by atoms with Gasteiger partial charge in [-0.15, -0.1) is 0 Å². The van der Waals surface area contributed by atoms with Crippen molar-refractivity contribution >= 4 is 15.9 Å². The fourth-order valence-corrected chi connectivity index (χ4v) is 2.66. The molecule has 1 nitrogen and oxygen atoms in total. The van der Waals surface area contributed by atoms with Crippen molar-refractivity contribution in [2.45, 2.75) is 38.6 Å². The molecule has 1 aliphatic rings. The molecule has 17 heavy (non-hydrogen) atoms. The summed E-state index contributed by atoms with van der Waals surface area (Å²) in [5, 5.41) is 3.47. The van der Waals surface area contributed by atoms with E-state index in [4.69, 9.17) is 0 Å². The van der Waals surface area contributed by atoms with Crippen LogP contribution in [0.5, 0.6) is 0 Å². The third-order valence-corrected chi connectivity index (χ3v) is 3.77. The molecular formula is C14H19BrFN. The van der Waals surface area contributed by atoms with E-state index in [1.165, 1.54) is 19.3 Å². The van der Waals surface area contributed by atoms with E-state index in [0.717, 1.165) is 28.9 Å². The summed E-state index contributed by atoms with van der Waals surface area (Å²) in [6.45, 7) is 3.06. The summed E-state index contributed by atoms with van der Waals surface area (Å²) in [4.78, 5) is 0. The molecule has 0 aliphatic heterocycles. The van der Waals surface area contributed by atoms with E-state index < -0.39 is 0 Å². The van der Waals surface area contributed by atoms with Gasteiger partial charge in [0, 0.05) is 10.5 Å². The van der Waals surface area contributed by atoms with Crippen molar-refractivity contribution in [1.29, 1.82) is 0 Å². The van der Waals surface area contributed by atoms with E-state index in [0.29, 0.717) is 6.04 Å². The number of rotatable bonds is 6. The number of halogens is 2.